The van der Waals surface area contributed by atoms with E-state index in [1.54, 1.807) is 0 Å². The van der Waals surface area contributed by atoms with Crippen LogP contribution in [-0.2, 0) is 4.79 Å². The Labute approximate surface area is 99.4 Å². The molecule has 0 fully saturated rings. The number of nitrogens with two attached hydrogens (primary N) is 1. The second-order valence-electron chi connectivity index (χ2n) is 6.23. The fourth-order valence-corrected chi connectivity index (χ4v) is 2.05. The minimum absolute atomic E-state index is 0.376. The van der Waals surface area contributed by atoms with E-state index in [0.29, 0.717) is 0 Å². The van der Waals surface area contributed by atoms with Crippen LogP contribution in [0.25, 0.3) is 0 Å². The van der Waals surface area contributed by atoms with Gasteiger partial charge in [-0.1, -0.05) is 46.3 Å². The lowest BCUT2D eigenvalue weighted by Crippen LogP contribution is -2.43. The normalized spacial score (nSPS) is 15.9. The van der Waals surface area contributed by atoms with Gasteiger partial charge in [-0.25, -0.2) is 0 Å². The summed E-state index contributed by atoms with van der Waals surface area (Å²) in [6.07, 6.45) is 0. The standard InChI is InChI=1S/C12H23NO2Si/c1-12(2,3)10(11(14)15)9(13)7-8-16(4,5)6/h9-10H,13H2,1-6H3,(H,14,15). The fraction of sp³-hybridized carbons (Fsp3) is 0.750. The van der Waals surface area contributed by atoms with Crippen molar-refractivity contribution in [1.29, 1.82) is 0 Å². The lowest BCUT2D eigenvalue weighted by molar-refractivity contribution is -0.145. The van der Waals surface area contributed by atoms with Crippen molar-refractivity contribution >= 4 is 14.0 Å². The summed E-state index contributed by atoms with van der Waals surface area (Å²) in [4.78, 5) is 11.2. The van der Waals surface area contributed by atoms with Gasteiger partial charge in [-0.3, -0.25) is 4.79 Å². The fourth-order valence-electron chi connectivity index (χ4n) is 1.45. The van der Waals surface area contributed by atoms with E-state index in [1.807, 2.05) is 20.8 Å². The monoisotopic (exact) mass is 241 g/mol. The van der Waals surface area contributed by atoms with Crippen molar-refractivity contribution in [2.45, 2.75) is 46.5 Å². The van der Waals surface area contributed by atoms with E-state index in [1.165, 1.54) is 0 Å². The summed E-state index contributed by atoms with van der Waals surface area (Å²) in [5.74, 6) is 1.42. The van der Waals surface area contributed by atoms with Crippen molar-refractivity contribution in [3.63, 3.8) is 0 Å². The minimum Gasteiger partial charge on any atom is -0.481 e. The lowest BCUT2D eigenvalue weighted by atomic mass is 9.77. The number of carbonyl (C=O) groups is 1. The highest BCUT2D eigenvalue weighted by Crippen LogP contribution is 2.28. The molecule has 92 valence electrons. The topological polar surface area (TPSA) is 63.3 Å². The third-order valence-corrected chi connectivity index (χ3v) is 3.07. The molecule has 0 bridgehead atoms. The Hall–Kier alpha value is -0.793. The molecule has 0 aliphatic carbocycles. The first kappa shape index (κ1) is 15.2. The molecule has 0 rings (SSSR count). The second-order valence-corrected chi connectivity index (χ2v) is 11.0. The van der Waals surface area contributed by atoms with Gasteiger partial charge in [0.25, 0.3) is 0 Å². The predicted octanol–water partition coefficient (Wildman–Crippen LogP) is 1.94. The van der Waals surface area contributed by atoms with Gasteiger partial charge in [-0.2, -0.15) is 0 Å². The molecular formula is C12H23NO2Si. The third kappa shape index (κ3) is 5.33. The molecule has 2 unspecified atom stereocenters. The molecule has 0 aliphatic heterocycles. The Morgan fingerprint density at radius 1 is 1.31 bits per heavy atom. The van der Waals surface area contributed by atoms with Crippen LogP contribution in [0.3, 0.4) is 0 Å². The van der Waals surface area contributed by atoms with E-state index in [9.17, 15) is 9.90 Å². The Morgan fingerprint density at radius 2 is 1.75 bits per heavy atom. The average molecular weight is 241 g/mol. The first-order valence-electron chi connectivity index (χ1n) is 5.46. The highest BCUT2D eigenvalue weighted by atomic mass is 28.3. The summed E-state index contributed by atoms with van der Waals surface area (Å²) in [6.45, 7) is 12.0. The van der Waals surface area contributed by atoms with Gasteiger partial charge in [0.15, 0.2) is 0 Å². The summed E-state index contributed by atoms with van der Waals surface area (Å²) >= 11 is 0. The molecule has 16 heavy (non-hydrogen) atoms. The summed E-state index contributed by atoms with van der Waals surface area (Å²) < 4.78 is 0. The molecule has 0 saturated carbocycles. The number of hydrogen-bond donors (Lipinski definition) is 2. The molecule has 0 amide bonds. The first-order chi connectivity index (χ1) is 6.95. The van der Waals surface area contributed by atoms with Crippen molar-refractivity contribution in [2.24, 2.45) is 17.1 Å². The van der Waals surface area contributed by atoms with E-state index in [2.05, 4.69) is 31.1 Å². The number of rotatable bonds is 2. The van der Waals surface area contributed by atoms with E-state index in [-0.39, 0.29) is 5.41 Å². The maximum Gasteiger partial charge on any atom is 0.309 e. The largest absolute Gasteiger partial charge is 0.481 e. The Kier molecular flexibility index (Phi) is 4.78. The van der Waals surface area contributed by atoms with E-state index < -0.39 is 26.0 Å². The van der Waals surface area contributed by atoms with Gasteiger partial charge < -0.3 is 10.8 Å². The molecular weight excluding hydrogens is 218 g/mol. The molecule has 2 atom stereocenters. The molecule has 3 nitrogen and oxygen atoms in total. The number of carboxylic acid groups (broad SMARTS) is 1. The third-order valence-electron chi connectivity index (χ3n) is 2.17. The van der Waals surface area contributed by atoms with Crippen LogP contribution in [0.2, 0.25) is 19.6 Å². The van der Waals surface area contributed by atoms with Gasteiger partial charge in [0, 0.05) is 0 Å². The van der Waals surface area contributed by atoms with Crippen molar-refractivity contribution in [3.8, 4) is 11.5 Å². The predicted molar refractivity (Wildman–Crippen MR) is 69.7 cm³/mol. The van der Waals surface area contributed by atoms with Crippen LogP contribution in [0.15, 0.2) is 0 Å². The summed E-state index contributed by atoms with van der Waals surface area (Å²) in [7, 11) is -1.49. The van der Waals surface area contributed by atoms with Gasteiger partial charge >= 0.3 is 5.97 Å². The van der Waals surface area contributed by atoms with Crippen LogP contribution in [0.1, 0.15) is 20.8 Å². The molecule has 0 heterocycles. The van der Waals surface area contributed by atoms with E-state index >= 15 is 0 Å². The van der Waals surface area contributed by atoms with Crippen molar-refractivity contribution in [1.82, 2.24) is 0 Å². The average Bonchev–Trinajstić information content (AvgIpc) is 1.95. The zero-order valence-electron chi connectivity index (χ0n) is 11.1. The van der Waals surface area contributed by atoms with Crippen LogP contribution < -0.4 is 5.73 Å². The van der Waals surface area contributed by atoms with Gasteiger partial charge in [0.05, 0.1) is 12.0 Å². The molecule has 0 spiro atoms. The molecule has 3 N–H and O–H groups in total. The van der Waals surface area contributed by atoms with Crippen molar-refractivity contribution in [2.75, 3.05) is 0 Å². The molecule has 4 heteroatoms. The Bertz CT molecular complexity index is 315. The SMILES string of the molecule is CC(C)(C)C(C(=O)O)C(N)C#C[Si](C)(C)C. The van der Waals surface area contributed by atoms with E-state index in [4.69, 9.17) is 5.73 Å². The highest BCUT2D eigenvalue weighted by molar-refractivity contribution is 6.83. The second kappa shape index (κ2) is 5.02. The smallest absolute Gasteiger partial charge is 0.309 e. The zero-order chi connectivity index (χ0) is 13.1. The molecule has 0 radical (unpaired) electrons. The number of carboxylic acids is 1. The maximum atomic E-state index is 11.2. The molecule has 0 saturated heterocycles. The Balaban J connectivity index is 4.97. The summed E-state index contributed by atoms with van der Waals surface area (Å²) in [6, 6.07) is -0.593. The van der Waals surface area contributed by atoms with Gasteiger partial charge in [-0.15, -0.1) is 5.54 Å². The Morgan fingerprint density at radius 3 is 2.00 bits per heavy atom. The lowest BCUT2D eigenvalue weighted by Gasteiger charge is -2.29. The number of aliphatic carboxylic acids is 1. The minimum atomic E-state index is -1.49. The van der Waals surface area contributed by atoms with Crippen LogP contribution >= 0.6 is 0 Å². The molecule has 0 aliphatic rings. The van der Waals surface area contributed by atoms with Gasteiger partial charge in [0.2, 0.25) is 0 Å². The molecule has 0 aromatic rings. The molecule has 0 aromatic heterocycles. The molecule has 0 aromatic carbocycles. The van der Waals surface area contributed by atoms with E-state index in [0.717, 1.165) is 0 Å². The van der Waals surface area contributed by atoms with Gasteiger partial charge in [0.1, 0.15) is 8.07 Å². The van der Waals surface area contributed by atoms with Crippen molar-refractivity contribution < 1.29 is 9.90 Å². The zero-order valence-corrected chi connectivity index (χ0v) is 12.1. The van der Waals surface area contributed by atoms with Crippen molar-refractivity contribution in [3.05, 3.63) is 0 Å². The summed E-state index contributed by atoms with van der Waals surface area (Å²) in [5.41, 5.74) is 8.63. The summed E-state index contributed by atoms with van der Waals surface area (Å²) in [5, 5.41) is 9.17. The van der Waals surface area contributed by atoms with Crippen LogP contribution in [0.5, 0.6) is 0 Å². The van der Waals surface area contributed by atoms with Crippen LogP contribution in [0.4, 0.5) is 0 Å². The van der Waals surface area contributed by atoms with Gasteiger partial charge in [-0.05, 0) is 5.41 Å². The highest BCUT2D eigenvalue weighted by Gasteiger charge is 2.35. The quantitative estimate of drug-likeness (QED) is 0.573. The first-order valence-corrected chi connectivity index (χ1v) is 8.96. The maximum absolute atomic E-state index is 11.2. The number of hydrogen-bond acceptors (Lipinski definition) is 2. The van der Waals surface area contributed by atoms with Crippen LogP contribution in [0, 0.1) is 22.8 Å². The van der Waals surface area contributed by atoms with Crippen LogP contribution in [-0.4, -0.2) is 25.2 Å².